The molecule has 3 rings (SSSR count). The van der Waals surface area contributed by atoms with Gasteiger partial charge in [0.25, 0.3) is 0 Å². The van der Waals surface area contributed by atoms with Crippen molar-refractivity contribution in [1.82, 2.24) is 30.4 Å². The number of nitriles is 1. The van der Waals surface area contributed by atoms with Crippen molar-refractivity contribution in [2.45, 2.75) is 13.0 Å². The number of H-pyrrole nitrogens is 1. The van der Waals surface area contributed by atoms with E-state index in [1.165, 1.54) is 13.3 Å². The molecule has 3 N–H and O–H groups in total. The zero-order chi connectivity index (χ0) is 17.6. The molecule has 0 bridgehead atoms. The summed E-state index contributed by atoms with van der Waals surface area (Å²) in [6.07, 6.45) is 3.05. The molecule has 3 heterocycles. The Bertz CT molecular complexity index is 888. The minimum atomic E-state index is -0.198. The van der Waals surface area contributed by atoms with Crippen LogP contribution < -0.4 is 15.4 Å². The summed E-state index contributed by atoms with van der Waals surface area (Å²) in [7, 11) is 1.54. The number of aromatic amines is 1. The van der Waals surface area contributed by atoms with Crippen LogP contribution in [0.1, 0.15) is 24.4 Å². The highest BCUT2D eigenvalue weighted by atomic mass is 16.5. The van der Waals surface area contributed by atoms with Gasteiger partial charge in [0.2, 0.25) is 5.88 Å². The SMILES string of the molecule is COc1cc(Nc2cnc(C#N)c(N[C@@H](C)c3cccnn3)n2)n[nH]1. The molecule has 25 heavy (non-hydrogen) atoms. The molecule has 0 fully saturated rings. The second-order valence-electron chi connectivity index (χ2n) is 5.03. The van der Waals surface area contributed by atoms with Gasteiger partial charge in [-0.3, -0.25) is 0 Å². The van der Waals surface area contributed by atoms with E-state index in [9.17, 15) is 5.26 Å². The smallest absolute Gasteiger partial charge is 0.210 e. The van der Waals surface area contributed by atoms with Crippen LogP contribution in [0.4, 0.5) is 17.5 Å². The van der Waals surface area contributed by atoms with Crippen molar-refractivity contribution in [2.24, 2.45) is 0 Å². The third kappa shape index (κ3) is 3.78. The van der Waals surface area contributed by atoms with E-state index in [1.54, 1.807) is 18.3 Å². The van der Waals surface area contributed by atoms with Gasteiger partial charge in [-0.25, -0.2) is 15.1 Å². The van der Waals surface area contributed by atoms with E-state index in [0.717, 1.165) is 5.69 Å². The summed E-state index contributed by atoms with van der Waals surface area (Å²) >= 11 is 0. The minimum Gasteiger partial charge on any atom is -0.481 e. The molecule has 0 saturated carbocycles. The van der Waals surface area contributed by atoms with Crippen LogP contribution >= 0.6 is 0 Å². The third-order valence-corrected chi connectivity index (χ3v) is 3.30. The van der Waals surface area contributed by atoms with E-state index in [1.807, 2.05) is 19.1 Å². The Morgan fingerprint density at radius 2 is 2.24 bits per heavy atom. The summed E-state index contributed by atoms with van der Waals surface area (Å²) in [5, 5.41) is 30.0. The van der Waals surface area contributed by atoms with Crippen molar-refractivity contribution in [3.63, 3.8) is 0 Å². The molecule has 0 aromatic carbocycles. The first-order valence-electron chi connectivity index (χ1n) is 7.37. The lowest BCUT2D eigenvalue weighted by Gasteiger charge is -2.14. The van der Waals surface area contributed by atoms with Crippen LogP contribution in [0.25, 0.3) is 0 Å². The Morgan fingerprint density at radius 3 is 2.92 bits per heavy atom. The summed E-state index contributed by atoms with van der Waals surface area (Å²) in [6.45, 7) is 1.89. The fourth-order valence-corrected chi connectivity index (χ4v) is 2.06. The molecule has 10 nitrogen and oxygen atoms in total. The number of nitrogens with zero attached hydrogens (tertiary/aromatic N) is 6. The fraction of sp³-hybridized carbons (Fsp3) is 0.200. The third-order valence-electron chi connectivity index (χ3n) is 3.30. The normalized spacial score (nSPS) is 11.4. The van der Waals surface area contributed by atoms with Crippen LogP contribution in [0.3, 0.4) is 0 Å². The average Bonchev–Trinajstić information content (AvgIpc) is 3.10. The quantitative estimate of drug-likeness (QED) is 0.614. The minimum absolute atomic E-state index is 0.181. The molecule has 1 atom stereocenters. The molecule has 0 aliphatic carbocycles. The summed E-state index contributed by atoms with van der Waals surface area (Å²) < 4.78 is 5.03. The number of anilines is 3. The number of aromatic nitrogens is 6. The van der Waals surface area contributed by atoms with E-state index in [4.69, 9.17) is 4.74 Å². The summed E-state index contributed by atoms with van der Waals surface area (Å²) in [6, 6.07) is 7.12. The zero-order valence-corrected chi connectivity index (χ0v) is 13.6. The standard InChI is InChI=1S/C15H15N9O/c1-9(10-4-3-5-18-22-10)19-15-11(7-16)17-8-13(21-15)20-12-6-14(25-2)24-23-12/h3-6,8-9H,1-2H3,(H3,19,20,21,23,24)/t9-/m0/s1. The maximum absolute atomic E-state index is 9.24. The van der Waals surface area contributed by atoms with Crippen molar-refractivity contribution < 1.29 is 4.74 Å². The fourth-order valence-electron chi connectivity index (χ4n) is 2.06. The van der Waals surface area contributed by atoms with Gasteiger partial charge < -0.3 is 15.4 Å². The molecule has 0 saturated heterocycles. The largest absolute Gasteiger partial charge is 0.481 e. The molecule has 0 aliphatic rings. The molecule has 10 heteroatoms. The number of methoxy groups -OCH3 is 1. The van der Waals surface area contributed by atoms with Gasteiger partial charge in [0.05, 0.1) is 25.0 Å². The highest BCUT2D eigenvalue weighted by Crippen LogP contribution is 2.21. The number of nitrogens with one attached hydrogen (secondary N) is 3. The Morgan fingerprint density at radius 1 is 1.36 bits per heavy atom. The monoisotopic (exact) mass is 337 g/mol. The summed E-state index contributed by atoms with van der Waals surface area (Å²) in [5.41, 5.74) is 0.907. The Balaban J connectivity index is 1.81. The van der Waals surface area contributed by atoms with Gasteiger partial charge in [0.1, 0.15) is 6.07 Å². The Hall–Kier alpha value is -3.74. The van der Waals surface area contributed by atoms with Crippen LogP contribution in [-0.2, 0) is 0 Å². The first-order valence-corrected chi connectivity index (χ1v) is 7.37. The van der Waals surface area contributed by atoms with Crippen molar-refractivity contribution in [2.75, 3.05) is 17.7 Å². The van der Waals surface area contributed by atoms with Gasteiger partial charge in [0.15, 0.2) is 23.1 Å². The Kier molecular flexibility index (Phi) is 4.66. The molecule has 0 unspecified atom stereocenters. The lowest BCUT2D eigenvalue weighted by molar-refractivity contribution is 0.397. The molecular weight excluding hydrogens is 322 g/mol. The van der Waals surface area contributed by atoms with E-state index in [0.29, 0.717) is 23.3 Å². The zero-order valence-electron chi connectivity index (χ0n) is 13.6. The predicted molar refractivity (Wildman–Crippen MR) is 89.2 cm³/mol. The van der Waals surface area contributed by atoms with Crippen molar-refractivity contribution >= 4 is 17.5 Å². The first kappa shape index (κ1) is 16.1. The second kappa shape index (κ2) is 7.22. The average molecular weight is 337 g/mol. The van der Waals surface area contributed by atoms with Crippen LogP contribution in [0.2, 0.25) is 0 Å². The highest BCUT2D eigenvalue weighted by molar-refractivity contribution is 5.57. The molecule has 0 spiro atoms. The predicted octanol–water partition coefficient (Wildman–Crippen LogP) is 1.79. The lowest BCUT2D eigenvalue weighted by Crippen LogP contribution is -2.12. The summed E-state index contributed by atoms with van der Waals surface area (Å²) in [4.78, 5) is 8.50. The number of rotatable bonds is 6. The molecule has 3 aromatic heterocycles. The molecule has 3 aromatic rings. The Labute approximate surface area is 143 Å². The van der Waals surface area contributed by atoms with E-state index in [-0.39, 0.29) is 11.7 Å². The van der Waals surface area contributed by atoms with Gasteiger partial charge >= 0.3 is 0 Å². The molecule has 0 amide bonds. The van der Waals surface area contributed by atoms with Crippen molar-refractivity contribution in [3.05, 3.63) is 42.0 Å². The topological polar surface area (TPSA) is 137 Å². The first-order chi connectivity index (χ1) is 12.2. The maximum Gasteiger partial charge on any atom is 0.210 e. The van der Waals surface area contributed by atoms with Crippen LogP contribution in [-0.4, -0.2) is 37.5 Å². The van der Waals surface area contributed by atoms with Crippen LogP contribution in [0.5, 0.6) is 5.88 Å². The number of hydrogen-bond acceptors (Lipinski definition) is 9. The summed E-state index contributed by atoms with van der Waals surface area (Å²) in [5.74, 6) is 1.80. The molecule has 126 valence electrons. The maximum atomic E-state index is 9.24. The molecule has 0 radical (unpaired) electrons. The molecule has 0 aliphatic heterocycles. The number of hydrogen-bond donors (Lipinski definition) is 3. The van der Waals surface area contributed by atoms with Gasteiger partial charge in [-0.2, -0.15) is 20.6 Å². The van der Waals surface area contributed by atoms with Crippen molar-refractivity contribution in [3.8, 4) is 11.9 Å². The molecular formula is C15H15N9O. The van der Waals surface area contributed by atoms with Gasteiger partial charge in [-0.05, 0) is 19.1 Å². The van der Waals surface area contributed by atoms with E-state index >= 15 is 0 Å². The highest BCUT2D eigenvalue weighted by Gasteiger charge is 2.13. The van der Waals surface area contributed by atoms with Gasteiger partial charge in [0, 0.05) is 12.3 Å². The van der Waals surface area contributed by atoms with E-state index in [2.05, 4.69) is 41.0 Å². The lowest BCUT2D eigenvalue weighted by atomic mass is 10.2. The van der Waals surface area contributed by atoms with Crippen LogP contribution in [0.15, 0.2) is 30.6 Å². The van der Waals surface area contributed by atoms with Gasteiger partial charge in [-0.1, -0.05) is 0 Å². The second-order valence-corrected chi connectivity index (χ2v) is 5.03. The van der Waals surface area contributed by atoms with Gasteiger partial charge in [-0.15, -0.1) is 0 Å². The van der Waals surface area contributed by atoms with Crippen molar-refractivity contribution in [1.29, 1.82) is 5.26 Å². The number of ether oxygens (including phenoxy) is 1. The van der Waals surface area contributed by atoms with E-state index < -0.39 is 0 Å². The van der Waals surface area contributed by atoms with Crippen LogP contribution in [0, 0.1) is 11.3 Å².